The summed E-state index contributed by atoms with van der Waals surface area (Å²) >= 11 is 0. The molecule has 0 radical (unpaired) electrons. The van der Waals surface area contributed by atoms with E-state index in [1.807, 2.05) is 6.92 Å². The number of nitrogens with one attached hydrogen (secondary N) is 2. The number of hydrogen-bond donors (Lipinski definition) is 3. The second-order valence-corrected chi connectivity index (χ2v) is 5.84. The largest absolute Gasteiger partial charge is 0.504 e. The van der Waals surface area contributed by atoms with Gasteiger partial charge in [-0.15, -0.1) is 0 Å². The third kappa shape index (κ3) is 3.69. The molecule has 0 saturated carbocycles. The maximum atomic E-state index is 12.1. The minimum absolute atomic E-state index is 0.0423. The molecule has 0 fully saturated rings. The number of aromatic hydroxyl groups is 1. The molecule has 3 rings (SSSR count). The van der Waals surface area contributed by atoms with Gasteiger partial charge in [-0.2, -0.15) is 0 Å². The molecule has 26 heavy (non-hydrogen) atoms. The lowest BCUT2D eigenvalue weighted by atomic mass is 10.2. The Kier molecular flexibility index (Phi) is 4.92. The fraction of sp³-hybridized carbons (Fsp3) is 0.278. The van der Waals surface area contributed by atoms with Gasteiger partial charge < -0.3 is 24.6 Å². The van der Waals surface area contributed by atoms with E-state index in [0.717, 1.165) is 11.4 Å². The van der Waals surface area contributed by atoms with Crippen molar-refractivity contribution in [3.8, 4) is 23.0 Å². The van der Waals surface area contributed by atoms with Crippen LogP contribution in [0.5, 0.6) is 11.5 Å². The Labute approximate surface area is 150 Å². The van der Waals surface area contributed by atoms with Crippen LogP contribution >= 0.6 is 0 Å². The van der Waals surface area contributed by atoms with Gasteiger partial charge in [-0.25, -0.2) is 9.97 Å². The number of methoxy groups -OCH3 is 1. The summed E-state index contributed by atoms with van der Waals surface area (Å²) in [7, 11) is 1.47. The van der Waals surface area contributed by atoms with Gasteiger partial charge >= 0.3 is 0 Å². The Morgan fingerprint density at radius 1 is 1.35 bits per heavy atom. The van der Waals surface area contributed by atoms with Gasteiger partial charge in [0, 0.05) is 11.3 Å². The molecule has 3 aromatic rings. The van der Waals surface area contributed by atoms with Crippen LogP contribution in [0.15, 0.2) is 28.9 Å². The number of amides is 1. The Hall–Kier alpha value is -3.29. The number of benzene rings is 1. The van der Waals surface area contributed by atoms with Crippen LogP contribution in [0.3, 0.4) is 0 Å². The Morgan fingerprint density at radius 3 is 2.85 bits per heavy atom. The van der Waals surface area contributed by atoms with Crippen LogP contribution < -0.4 is 10.1 Å². The van der Waals surface area contributed by atoms with Crippen LogP contribution in [0, 0.1) is 13.8 Å². The van der Waals surface area contributed by atoms with Crippen molar-refractivity contribution in [2.75, 3.05) is 7.11 Å². The van der Waals surface area contributed by atoms with E-state index in [4.69, 9.17) is 9.15 Å². The first-order chi connectivity index (χ1) is 12.5. The molecule has 0 spiro atoms. The fourth-order valence-corrected chi connectivity index (χ4v) is 2.49. The third-order valence-electron chi connectivity index (χ3n) is 4.03. The second kappa shape index (κ2) is 7.30. The smallest absolute Gasteiger partial charge is 0.226 e. The molecule has 2 heterocycles. The van der Waals surface area contributed by atoms with Crippen molar-refractivity contribution in [2.45, 2.75) is 26.8 Å². The van der Waals surface area contributed by atoms with Gasteiger partial charge in [0.1, 0.15) is 11.5 Å². The number of phenols is 1. The highest BCUT2D eigenvalue weighted by atomic mass is 16.5. The molecule has 0 unspecified atom stereocenters. The average molecular weight is 356 g/mol. The topological polar surface area (TPSA) is 113 Å². The van der Waals surface area contributed by atoms with Crippen molar-refractivity contribution in [3.63, 3.8) is 0 Å². The molecule has 0 aliphatic heterocycles. The first-order valence-electron chi connectivity index (χ1n) is 8.07. The summed E-state index contributed by atoms with van der Waals surface area (Å²) < 4.78 is 10.8. The molecule has 136 valence electrons. The number of H-pyrrole nitrogens is 1. The zero-order valence-corrected chi connectivity index (χ0v) is 14.8. The highest BCUT2D eigenvalue weighted by Crippen LogP contribution is 2.31. The molecule has 1 amide bonds. The summed E-state index contributed by atoms with van der Waals surface area (Å²) in [4.78, 5) is 23.6. The van der Waals surface area contributed by atoms with E-state index in [0.29, 0.717) is 28.7 Å². The third-order valence-corrected chi connectivity index (χ3v) is 4.03. The summed E-state index contributed by atoms with van der Waals surface area (Å²) in [6.45, 7) is 3.91. The quantitative estimate of drug-likeness (QED) is 0.624. The maximum absolute atomic E-state index is 12.1. The monoisotopic (exact) mass is 356 g/mol. The van der Waals surface area contributed by atoms with E-state index in [9.17, 15) is 9.90 Å². The molecule has 8 nitrogen and oxygen atoms in total. The van der Waals surface area contributed by atoms with E-state index < -0.39 is 0 Å². The molecule has 1 aromatic carbocycles. The number of imidazole rings is 1. The lowest BCUT2D eigenvalue weighted by molar-refractivity contribution is -0.120. The molecular formula is C18H20N4O4. The van der Waals surface area contributed by atoms with Crippen molar-refractivity contribution in [3.05, 3.63) is 47.4 Å². The Balaban J connectivity index is 1.68. The van der Waals surface area contributed by atoms with Crippen LogP contribution in [0.25, 0.3) is 11.5 Å². The maximum Gasteiger partial charge on any atom is 0.226 e. The number of aryl methyl sites for hydroxylation is 2. The summed E-state index contributed by atoms with van der Waals surface area (Å²) in [5.41, 5.74) is 2.91. The number of oxazole rings is 1. The van der Waals surface area contributed by atoms with Crippen molar-refractivity contribution in [2.24, 2.45) is 0 Å². The minimum Gasteiger partial charge on any atom is -0.504 e. The lowest BCUT2D eigenvalue weighted by Gasteiger charge is -2.04. The van der Waals surface area contributed by atoms with E-state index in [1.54, 1.807) is 25.4 Å². The van der Waals surface area contributed by atoms with Gasteiger partial charge in [0.25, 0.3) is 0 Å². The lowest BCUT2D eigenvalue weighted by Crippen LogP contribution is -2.25. The number of ether oxygens (including phenoxy) is 1. The van der Waals surface area contributed by atoms with E-state index >= 15 is 0 Å². The first-order valence-corrected chi connectivity index (χ1v) is 8.07. The SMILES string of the molecule is COc1cc(-c2nc(CNC(=O)Cc3nc[nH]c3C)c(C)o2)ccc1O. The highest BCUT2D eigenvalue weighted by molar-refractivity contribution is 5.78. The molecular weight excluding hydrogens is 336 g/mol. The zero-order valence-electron chi connectivity index (χ0n) is 14.8. The predicted molar refractivity (Wildman–Crippen MR) is 93.8 cm³/mol. The van der Waals surface area contributed by atoms with Gasteiger partial charge in [0.15, 0.2) is 11.5 Å². The Bertz CT molecular complexity index is 929. The molecule has 0 atom stereocenters. The van der Waals surface area contributed by atoms with Crippen LogP contribution in [0.2, 0.25) is 0 Å². The number of nitrogens with zero attached hydrogens (tertiary/aromatic N) is 2. The van der Waals surface area contributed by atoms with Crippen LogP contribution in [-0.2, 0) is 17.8 Å². The normalized spacial score (nSPS) is 10.7. The van der Waals surface area contributed by atoms with Crippen LogP contribution in [0.1, 0.15) is 22.8 Å². The summed E-state index contributed by atoms with van der Waals surface area (Å²) in [6, 6.07) is 4.84. The van der Waals surface area contributed by atoms with Crippen LogP contribution in [0.4, 0.5) is 0 Å². The van der Waals surface area contributed by atoms with Crippen LogP contribution in [-0.4, -0.2) is 33.1 Å². The van der Waals surface area contributed by atoms with Crippen molar-refractivity contribution < 1.29 is 19.1 Å². The number of carbonyl (C=O) groups excluding carboxylic acids is 1. The number of rotatable bonds is 6. The number of carbonyl (C=O) groups is 1. The number of hydrogen-bond acceptors (Lipinski definition) is 6. The minimum atomic E-state index is -0.143. The molecule has 0 saturated heterocycles. The van der Waals surface area contributed by atoms with E-state index in [-0.39, 0.29) is 24.6 Å². The molecule has 0 aliphatic carbocycles. The van der Waals surface area contributed by atoms with Gasteiger partial charge in [-0.3, -0.25) is 4.79 Å². The summed E-state index contributed by atoms with van der Waals surface area (Å²) in [6.07, 6.45) is 1.77. The van der Waals surface area contributed by atoms with Gasteiger partial charge in [-0.1, -0.05) is 0 Å². The number of aromatic nitrogens is 3. The molecule has 2 aromatic heterocycles. The molecule has 0 bridgehead atoms. The van der Waals surface area contributed by atoms with Crippen molar-refractivity contribution in [1.29, 1.82) is 0 Å². The first kappa shape index (κ1) is 17.5. The van der Waals surface area contributed by atoms with Crippen molar-refractivity contribution in [1.82, 2.24) is 20.3 Å². The van der Waals surface area contributed by atoms with Gasteiger partial charge in [0.05, 0.1) is 32.1 Å². The zero-order chi connectivity index (χ0) is 18.7. The molecule has 0 aliphatic rings. The second-order valence-electron chi connectivity index (χ2n) is 5.84. The number of aromatic amines is 1. The van der Waals surface area contributed by atoms with E-state index in [2.05, 4.69) is 20.3 Å². The molecule has 8 heteroatoms. The van der Waals surface area contributed by atoms with Gasteiger partial charge in [0.2, 0.25) is 11.8 Å². The molecule has 3 N–H and O–H groups in total. The summed E-state index contributed by atoms with van der Waals surface area (Å²) in [5, 5.41) is 12.5. The average Bonchev–Trinajstić information content (AvgIpc) is 3.19. The predicted octanol–water partition coefficient (Wildman–Crippen LogP) is 2.25. The van der Waals surface area contributed by atoms with Gasteiger partial charge in [-0.05, 0) is 32.0 Å². The Morgan fingerprint density at radius 2 is 2.15 bits per heavy atom. The fourth-order valence-electron chi connectivity index (χ4n) is 2.49. The van der Waals surface area contributed by atoms with E-state index in [1.165, 1.54) is 13.2 Å². The summed E-state index contributed by atoms with van der Waals surface area (Å²) in [5.74, 6) is 1.25. The highest BCUT2D eigenvalue weighted by Gasteiger charge is 2.15. The van der Waals surface area contributed by atoms with Crippen molar-refractivity contribution >= 4 is 5.91 Å². The number of phenolic OH excluding ortho intramolecular Hbond substituents is 1. The standard InChI is InChI=1S/C18H20N4O4/c1-10-13(21-9-20-10)7-17(24)19-8-14-11(2)26-18(22-14)12-4-5-15(23)16(6-12)25-3/h4-6,9,23H,7-8H2,1-3H3,(H,19,24)(H,20,21).